The Morgan fingerprint density at radius 2 is 2.53 bits per heavy atom. The average Bonchev–Trinajstić information content (AvgIpc) is 2.32. The van der Waals surface area contributed by atoms with Gasteiger partial charge >= 0.3 is 5.97 Å². The van der Waals surface area contributed by atoms with Crippen LogP contribution in [0.2, 0.25) is 5.15 Å². The molecule has 0 saturated carbocycles. The summed E-state index contributed by atoms with van der Waals surface area (Å²) in [5, 5.41) is 12.6. The molecule has 6 heteroatoms. The van der Waals surface area contributed by atoms with Crippen LogP contribution in [0.3, 0.4) is 0 Å². The number of aliphatic carboxylic acids is 1. The topological polar surface area (TPSA) is 65.5 Å². The molecule has 1 saturated heterocycles. The zero-order valence-electron chi connectivity index (χ0n) is 9.27. The zero-order valence-corrected chi connectivity index (χ0v) is 10.0. The number of piperazine rings is 1. The number of hydrogen-bond donors (Lipinski definition) is 2. The highest BCUT2D eigenvalue weighted by atomic mass is 35.5. The molecular formula is C11H14ClN3O2. The van der Waals surface area contributed by atoms with Crippen LogP contribution in [-0.4, -0.2) is 46.6 Å². The van der Waals surface area contributed by atoms with Gasteiger partial charge in [-0.3, -0.25) is 9.69 Å². The number of halogens is 1. The Morgan fingerprint density at radius 3 is 3.24 bits per heavy atom. The van der Waals surface area contributed by atoms with Gasteiger partial charge in [-0.05, 0) is 6.07 Å². The molecule has 0 spiro atoms. The molecule has 1 aliphatic rings. The SMILES string of the molecule is O=C(O)C1CNCCN1Cc1cccnc1Cl. The number of carboxylic acid groups (broad SMARTS) is 1. The summed E-state index contributed by atoms with van der Waals surface area (Å²) in [4.78, 5) is 17.0. The maximum Gasteiger partial charge on any atom is 0.322 e. The van der Waals surface area contributed by atoms with E-state index >= 15 is 0 Å². The van der Waals surface area contributed by atoms with Crippen molar-refractivity contribution in [1.82, 2.24) is 15.2 Å². The molecule has 0 radical (unpaired) electrons. The fraction of sp³-hybridized carbons (Fsp3) is 0.455. The number of pyridine rings is 1. The number of nitrogens with one attached hydrogen (secondary N) is 1. The summed E-state index contributed by atoms with van der Waals surface area (Å²) in [5.74, 6) is -0.808. The molecule has 0 aliphatic carbocycles. The molecule has 92 valence electrons. The number of nitrogens with zero attached hydrogens (tertiary/aromatic N) is 2. The monoisotopic (exact) mass is 255 g/mol. The molecule has 0 amide bonds. The van der Waals surface area contributed by atoms with E-state index in [1.807, 2.05) is 11.0 Å². The van der Waals surface area contributed by atoms with Crippen LogP contribution < -0.4 is 5.32 Å². The fourth-order valence-corrected chi connectivity index (χ4v) is 2.11. The van der Waals surface area contributed by atoms with Crippen LogP contribution >= 0.6 is 11.6 Å². The summed E-state index contributed by atoms with van der Waals surface area (Å²) < 4.78 is 0. The van der Waals surface area contributed by atoms with E-state index in [0.717, 1.165) is 12.1 Å². The van der Waals surface area contributed by atoms with Crippen LogP contribution in [0.4, 0.5) is 0 Å². The Balaban J connectivity index is 2.11. The van der Waals surface area contributed by atoms with E-state index in [0.29, 0.717) is 24.8 Å². The first-order valence-corrected chi connectivity index (χ1v) is 5.83. The van der Waals surface area contributed by atoms with Crippen molar-refractivity contribution in [3.05, 3.63) is 29.0 Å². The molecule has 1 fully saturated rings. The second kappa shape index (κ2) is 5.44. The second-order valence-electron chi connectivity index (χ2n) is 3.98. The first-order valence-electron chi connectivity index (χ1n) is 5.45. The molecule has 2 rings (SSSR count). The van der Waals surface area contributed by atoms with E-state index < -0.39 is 12.0 Å². The average molecular weight is 256 g/mol. The lowest BCUT2D eigenvalue weighted by Gasteiger charge is -2.33. The Labute approximate surface area is 104 Å². The van der Waals surface area contributed by atoms with Crippen molar-refractivity contribution < 1.29 is 9.90 Å². The molecule has 0 bridgehead atoms. The standard InChI is InChI=1S/C11H14ClN3O2/c12-10-8(2-1-3-14-10)7-15-5-4-13-6-9(15)11(16)17/h1-3,9,13H,4-7H2,(H,16,17). The van der Waals surface area contributed by atoms with Crippen LogP contribution in [0.5, 0.6) is 0 Å². The summed E-state index contributed by atoms with van der Waals surface area (Å²) in [6.07, 6.45) is 1.62. The number of carbonyl (C=O) groups is 1. The number of carboxylic acids is 1. The van der Waals surface area contributed by atoms with Gasteiger partial charge in [0, 0.05) is 37.9 Å². The molecule has 0 aromatic carbocycles. The summed E-state index contributed by atoms with van der Waals surface area (Å²) >= 11 is 5.97. The van der Waals surface area contributed by atoms with Crippen molar-refractivity contribution in [2.75, 3.05) is 19.6 Å². The predicted molar refractivity (Wildman–Crippen MR) is 64.0 cm³/mol. The van der Waals surface area contributed by atoms with Crippen LogP contribution in [-0.2, 0) is 11.3 Å². The number of hydrogen-bond acceptors (Lipinski definition) is 4. The maximum atomic E-state index is 11.1. The normalized spacial score (nSPS) is 21.4. The number of rotatable bonds is 3. The van der Waals surface area contributed by atoms with E-state index in [-0.39, 0.29) is 0 Å². The quantitative estimate of drug-likeness (QED) is 0.774. The van der Waals surface area contributed by atoms with Crippen molar-refractivity contribution in [2.24, 2.45) is 0 Å². The molecule has 1 atom stereocenters. The first-order chi connectivity index (χ1) is 8.18. The minimum Gasteiger partial charge on any atom is -0.480 e. The summed E-state index contributed by atoms with van der Waals surface area (Å²) in [7, 11) is 0. The van der Waals surface area contributed by atoms with Crippen LogP contribution in [0.1, 0.15) is 5.56 Å². The lowest BCUT2D eigenvalue weighted by atomic mass is 10.1. The Hall–Kier alpha value is -1.17. The van der Waals surface area contributed by atoms with Gasteiger partial charge in [-0.25, -0.2) is 4.98 Å². The van der Waals surface area contributed by atoms with E-state index in [1.54, 1.807) is 12.3 Å². The van der Waals surface area contributed by atoms with Crippen molar-refractivity contribution in [3.63, 3.8) is 0 Å². The Morgan fingerprint density at radius 1 is 1.71 bits per heavy atom. The third-order valence-electron chi connectivity index (χ3n) is 2.85. The van der Waals surface area contributed by atoms with Crippen molar-refractivity contribution >= 4 is 17.6 Å². The van der Waals surface area contributed by atoms with Gasteiger partial charge < -0.3 is 10.4 Å². The molecule has 5 nitrogen and oxygen atoms in total. The van der Waals surface area contributed by atoms with E-state index in [2.05, 4.69) is 10.3 Å². The highest BCUT2D eigenvalue weighted by molar-refractivity contribution is 6.30. The maximum absolute atomic E-state index is 11.1. The van der Waals surface area contributed by atoms with Gasteiger partial charge in [0.15, 0.2) is 0 Å². The van der Waals surface area contributed by atoms with Gasteiger partial charge in [0.1, 0.15) is 11.2 Å². The first kappa shape index (κ1) is 12.3. The van der Waals surface area contributed by atoms with E-state index in [9.17, 15) is 4.79 Å². The van der Waals surface area contributed by atoms with E-state index in [4.69, 9.17) is 16.7 Å². The van der Waals surface area contributed by atoms with Gasteiger partial charge in [-0.15, -0.1) is 0 Å². The van der Waals surface area contributed by atoms with Gasteiger partial charge in [0.2, 0.25) is 0 Å². The largest absolute Gasteiger partial charge is 0.480 e. The zero-order chi connectivity index (χ0) is 12.3. The molecular weight excluding hydrogens is 242 g/mol. The lowest BCUT2D eigenvalue weighted by Crippen LogP contribution is -2.54. The smallest absolute Gasteiger partial charge is 0.322 e. The predicted octanol–water partition coefficient (Wildman–Crippen LogP) is 0.593. The van der Waals surface area contributed by atoms with Crippen LogP contribution in [0.25, 0.3) is 0 Å². The molecule has 2 N–H and O–H groups in total. The minimum atomic E-state index is -0.808. The molecule has 17 heavy (non-hydrogen) atoms. The van der Waals surface area contributed by atoms with Gasteiger partial charge in [-0.2, -0.15) is 0 Å². The van der Waals surface area contributed by atoms with Gasteiger partial charge in [-0.1, -0.05) is 17.7 Å². The van der Waals surface area contributed by atoms with Crippen LogP contribution in [0.15, 0.2) is 18.3 Å². The Bertz CT molecular complexity index is 413. The summed E-state index contributed by atoms with van der Waals surface area (Å²) in [6, 6.07) is 3.18. The Kier molecular flexibility index (Phi) is 3.93. The fourth-order valence-electron chi connectivity index (χ4n) is 1.94. The van der Waals surface area contributed by atoms with Gasteiger partial charge in [0.05, 0.1) is 0 Å². The van der Waals surface area contributed by atoms with Crippen molar-refractivity contribution in [1.29, 1.82) is 0 Å². The summed E-state index contributed by atoms with van der Waals surface area (Å²) in [6.45, 7) is 2.47. The van der Waals surface area contributed by atoms with Gasteiger partial charge in [0.25, 0.3) is 0 Å². The second-order valence-corrected chi connectivity index (χ2v) is 4.34. The number of aromatic nitrogens is 1. The molecule has 1 unspecified atom stereocenters. The minimum absolute atomic E-state index is 0.440. The summed E-state index contributed by atoms with van der Waals surface area (Å²) in [5.41, 5.74) is 0.863. The van der Waals surface area contributed by atoms with E-state index in [1.165, 1.54) is 0 Å². The highest BCUT2D eigenvalue weighted by Gasteiger charge is 2.28. The molecule has 2 heterocycles. The molecule has 1 aliphatic heterocycles. The van der Waals surface area contributed by atoms with Crippen molar-refractivity contribution in [2.45, 2.75) is 12.6 Å². The lowest BCUT2D eigenvalue weighted by molar-refractivity contribution is -0.144. The molecule has 1 aromatic heterocycles. The van der Waals surface area contributed by atoms with Crippen molar-refractivity contribution in [3.8, 4) is 0 Å². The third kappa shape index (κ3) is 2.94. The molecule has 1 aromatic rings. The van der Waals surface area contributed by atoms with Crippen LogP contribution in [0, 0.1) is 0 Å². The third-order valence-corrected chi connectivity index (χ3v) is 3.19. The highest BCUT2D eigenvalue weighted by Crippen LogP contribution is 2.16.